The maximum absolute atomic E-state index is 9.23. The van der Waals surface area contributed by atoms with E-state index in [1.807, 2.05) is 30.3 Å². The minimum atomic E-state index is -1.43. The molecule has 0 aromatic heterocycles. The van der Waals surface area contributed by atoms with Gasteiger partial charge in [0.1, 0.15) is 0 Å². The Morgan fingerprint density at radius 3 is 2.67 bits per heavy atom. The molecule has 9 heavy (non-hydrogen) atoms. The molecule has 0 heterocycles. The van der Waals surface area contributed by atoms with Gasteiger partial charge in [-0.15, -0.1) is 0 Å². The first kappa shape index (κ1) is 5.50. The summed E-state index contributed by atoms with van der Waals surface area (Å²) in [6, 6.07) is 9.41. The van der Waals surface area contributed by atoms with Gasteiger partial charge in [-0.05, 0) is 0 Å². The molecular formula is C7H10GeO. The molecule has 1 rings (SSSR count). The minimum absolute atomic E-state index is 0.436. The molecule has 0 aliphatic rings. The molecular weight excluding hydrogens is 173 g/mol. The van der Waals surface area contributed by atoms with Gasteiger partial charge in [-0.25, -0.2) is 0 Å². The van der Waals surface area contributed by atoms with Crippen molar-refractivity contribution in [3.8, 4) is 0 Å². The second kappa shape index (κ2) is 3.04. The van der Waals surface area contributed by atoms with Crippen molar-refractivity contribution in [2.45, 2.75) is 4.94 Å². The van der Waals surface area contributed by atoms with Crippen molar-refractivity contribution in [1.29, 1.82) is 0.927 Å². The Labute approximate surface area is 63.8 Å². The summed E-state index contributed by atoms with van der Waals surface area (Å²) in [5, 5.41) is 9.23. The van der Waals surface area contributed by atoms with Crippen molar-refractivity contribution < 1.29 is 5.11 Å². The van der Waals surface area contributed by atoms with Crippen LogP contribution in [0.15, 0.2) is 30.3 Å². The van der Waals surface area contributed by atoms with E-state index in [2.05, 4.69) is 0 Å². The summed E-state index contributed by atoms with van der Waals surface area (Å²) in [6.45, 7) is 0. The van der Waals surface area contributed by atoms with E-state index in [4.69, 9.17) is 0.927 Å². The van der Waals surface area contributed by atoms with Crippen LogP contribution in [0.2, 0.25) is 0 Å². The van der Waals surface area contributed by atoms with E-state index in [1.54, 1.807) is 0 Å². The Bertz CT molecular complexity index is 190. The van der Waals surface area contributed by atoms with Crippen LogP contribution in [0.1, 0.15) is 10.5 Å². The summed E-state index contributed by atoms with van der Waals surface area (Å²) in [5.74, 6) is 0. The molecule has 1 unspecified atom stereocenters. The van der Waals surface area contributed by atoms with Gasteiger partial charge < -0.3 is 0 Å². The van der Waals surface area contributed by atoms with E-state index in [9.17, 15) is 5.11 Å². The standard InChI is InChI=1S/C7H10GeO/c8-7(9)6-4-2-1-3-5-6/h1-5,7,9H,8H3/i8D. The third-order valence-electron chi connectivity index (χ3n) is 1.18. The van der Waals surface area contributed by atoms with Crippen molar-refractivity contribution in [2.75, 3.05) is 0 Å². The third-order valence-corrected chi connectivity index (χ3v) is 2.17. The molecule has 0 aliphatic carbocycles. The van der Waals surface area contributed by atoms with Crippen LogP contribution in [0.25, 0.3) is 0 Å². The quantitative estimate of drug-likeness (QED) is 0.643. The van der Waals surface area contributed by atoms with E-state index >= 15 is 0 Å². The molecule has 0 spiro atoms. The summed E-state index contributed by atoms with van der Waals surface area (Å²) in [4.78, 5) is -0.436. The fraction of sp³-hybridized carbons (Fsp3) is 0.143. The Morgan fingerprint density at radius 2 is 2.11 bits per heavy atom. The first-order valence-corrected chi connectivity index (χ1v) is 4.58. The Balaban J connectivity index is 2.75. The molecule has 1 aromatic rings. The molecule has 1 nitrogen and oxygen atoms in total. The van der Waals surface area contributed by atoms with Crippen LogP contribution >= 0.6 is 0 Å². The summed E-state index contributed by atoms with van der Waals surface area (Å²) >= 11 is -1.43. The predicted molar refractivity (Wildman–Crippen MR) is 41.3 cm³/mol. The van der Waals surface area contributed by atoms with Crippen LogP contribution < -0.4 is 0 Å². The molecule has 0 fully saturated rings. The monoisotopic (exact) mass is 185 g/mol. The van der Waals surface area contributed by atoms with Gasteiger partial charge in [0.05, 0.1) is 0 Å². The SMILES string of the molecule is [2H][GeH2][CH](O)c1ccccc1. The van der Waals surface area contributed by atoms with Gasteiger partial charge in [-0.2, -0.15) is 0 Å². The third kappa shape index (κ3) is 1.84. The molecule has 0 saturated carbocycles. The van der Waals surface area contributed by atoms with Crippen LogP contribution in [-0.2, 0) is 0 Å². The summed E-state index contributed by atoms with van der Waals surface area (Å²) in [7, 11) is 0. The number of rotatable bonds is 2. The van der Waals surface area contributed by atoms with Gasteiger partial charge in [0.25, 0.3) is 0 Å². The molecule has 0 amide bonds. The zero-order valence-corrected chi connectivity index (χ0v) is 8.09. The summed E-state index contributed by atoms with van der Waals surface area (Å²) < 4.78 is 7.08. The zero-order valence-electron chi connectivity index (χ0n) is 6.12. The summed E-state index contributed by atoms with van der Waals surface area (Å²) in [5.41, 5.74) is 0.900. The van der Waals surface area contributed by atoms with E-state index in [-0.39, 0.29) is 0 Å². The number of hydrogen-bond acceptors (Lipinski definition) is 1. The molecule has 0 saturated heterocycles. The van der Waals surface area contributed by atoms with Crippen LogP contribution in [0.3, 0.4) is 0 Å². The zero-order chi connectivity index (χ0) is 7.40. The van der Waals surface area contributed by atoms with Gasteiger partial charge in [0.2, 0.25) is 0 Å². The number of aliphatic hydroxyl groups excluding tert-OH is 1. The second-order valence-electron chi connectivity index (χ2n) is 1.93. The molecule has 0 radical (unpaired) electrons. The van der Waals surface area contributed by atoms with Crippen LogP contribution in [0, 0.1) is 0 Å². The van der Waals surface area contributed by atoms with E-state index in [0.717, 1.165) is 5.56 Å². The predicted octanol–water partition coefficient (Wildman–Crippen LogP) is 0.0429. The average molecular weight is 184 g/mol. The fourth-order valence-electron chi connectivity index (χ4n) is 0.675. The van der Waals surface area contributed by atoms with Gasteiger partial charge in [0, 0.05) is 0 Å². The van der Waals surface area contributed by atoms with Crippen molar-refractivity contribution in [2.24, 2.45) is 0 Å². The number of aliphatic hydroxyl groups is 1. The second-order valence-corrected chi connectivity index (χ2v) is 3.55. The van der Waals surface area contributed by atoms with Crippen LogP contribution in [-0.4, -0.2) is 22.4 Å². The Kier molecular flexibility index (Phi) is 1.86. The Hall–Kier alpha value is -0.277. The fourth-order valence-corrected chi connectivity index (χ4v) is 1.25. The van der Waals surface area contributed by atoms with E-state index in [1.165, 1.54) is 0 Å². The molecule has 48 valence electrons. The van der Waals surface area contributed by atoms with Crippen molar-refractivity contribution >= 4 is 16.4 Å². The normalized spacial score (nSPS) is 15.9. The molecule has 1 atom stereocenters. The molecule has 2 heteroatoms. The number of benzene rings is 1. The molecule has 1 N–H and O–H groups in total. The van der Waals surface area contributed by atoms with Crippen molar-refractivity contribution in [3.63, 3.8) is 0 Å². The van der Waals surface area contributed by atoms with Crippen molar-refractivity contribution in [1.82, 2.24) is 0 Å². The average Bonchev–Trinajstić information content (AvgIpc) is 2.05. The molecule has 0 bridgehead atoms. The topological polar surface area (TPSA) is 20.2 Å². The van der Waals surface area contributed by atoms with Gasteiger partial charge in [-0.1, -0.05) is 0 Å². The van der Waals surface area contributed by atoms with E-state index < -0.39 is 21.3 Å². The first-order chi connectivity index (χ1) is 4.84. The van der Waals surface area contributed by atoms with Crippen molar-refractivity contribution in [3.05, 3.63) is 35.9 Å². The van der Waals surface area contributed by atoms with Gasteiger partial charge in [0.15, 0.2) is 0 Å². The Morgan fingerprint density at radius 1 is 1.44 bits per heavy atom. The maximum atomic E-state index is 9.23. The molecule has 1 aromatic carbocycles. The number of hydrogen-bond donors (Lipinski definition) is 1. The van der Waals surface area contributed by atoms with Crippen LogP contribution in [0.5, 0.6) is 0 Å². The van der Waals surface area contributed by atoms with Gasteiger partial charge >= 0.3 is 63.2 Å². The summed E-state index contributed by atoms with van der Waals surface area (Å²) in [6.07, 6.45) is 0. The van der Waals surface area contributed by atoms with E-state index in [0.29, 0.717) is 0 Å². The van der Waals surface area contributed by atoms with Crippen LogP contribution in [0.4, 0.5) is 0 Å². The first-order valence-electron chi connectivity index (χ1n) is 3.57. The molecule has 0 aliphatic heterocycles. The van der Waals surface area contributed by atoms with Gasteiger partial charge in [-0.3, -0.25) is 0 Å².